The maximum atomic E-state index is 12.5. The van der Waals surface area contributed by atoms with Crippen molar-refractivity contribution in [2.45, 2.75) is 24.8 Å². The van der Waals surface area contributed by atoms with Crippen molar-refractivity contribution in [2.75, 3.05) is 21.3 Å². The summed E-state index contributed by atoms with van der Waals surface area (Å²) in [6, 6.07) is 3.49. The Morgan fingerprint density at radius 3 is 2.07 bits per heavy atom. The van der Waals surface area contributed by atoms with E-state index in [1.165, 1.54) is 21.3 Å². The van der Waals surface area contributed by atoms with Gasteiger partial charge in [-0.2, -0.15) is 0 Å². The Kier molecular flexibility index (Phi) is 5.46. The van der Waals surface area contributed by atoms with Crippen molar-refractivity contribution in [1.82, 2.24) is 4.90 Å². The Bertz CT molecular complexity index is 809. The van der Waals surface area contributed by atoms with E-state index in [1.807, 2.05) is 4.90 Å². The standard InChI is InChI=1S/C19H20BrNO6/c1-25-15-7-10(6-14(20)17(15)22)16-12(18(23)26-2)8-21(11-4-5-11)9-13(16)19(24)27-3/h6-9,11,16,22H,4-5H2,1-3H3. The number of ether oxygens (including phenoxy) is 3. The zero-order valence-corrected chi connectivity index (χ0v) is 16.8. The molecule has 1 aliphatic heterocycles. The first-order valence-corrected chi connectivity index (χ1v) is 9.14. The van der Waals surface area contributed by atoms with Gasteiger partial charge < -0.3 is 24.2 Å². The average Bonchev–Trinajstić information content (AvgIpc) is 3.53. The maximum Gasteiger partial charge on any atom is 0.336 e. The monoisotopic (exact) mass is 437 g/mol. The van der Waals surface area contributed by atoms with E-state index in [0.29, 0.717) is 21.2 Å². The number of carbonyl (C=O) groups excluding carboxylic acids is 2. The van der Waals surface area contributed by atoms with Gasteiger partial charge in [0.2, 0.25) is 0 Å². The lowest BCUT2D eigenvalue weighted by molar-refractivity contribution is -0.137. The van der Waals surface area contributed by atoms with E-state index in [1.54, 1.807) is 24.5 Å². The Morgan fingerprint density at radius 2 is 1.63 bits per heavy atom. The number of phenols is 1. The molecule has 1 aromatic rings. The van der Waals surface area contributed by atoms with E-state index in [2.05, 4.69) is 15.9 Å². The molecule has 7 nitrogen and oxygen atoms in total. The van der Waals surface area contributed by atoms with Gasteiger partial charge in [0.25, 0.3) is 0 Å². The number of phenolic OH excluding ortho intramolecular Hbond substituents is 1. The van der Waals surface area contributed by atoms with Crippen molar-refractivity contribution in [2.24, 2.45) is 0 Å². The zero-order valence-electron chi connectivity index (χ0n) is 15.2. The highest BCUT2D eigenvalue weighted by Gasteiger charge is 2.39. The number of halogens is 1. The molecule has 1 aromatic carbocycles. The number of hydrogen-bond donors (Lipinski definition) is 1. The Morgan fingerprint density at radius 1 is 1.07 bits per heavy atom. The van der Waals surface area contributed by atoms with Crippen LogP contribution in [0, 0.1) is 0 Å². The lowest BCUT2D eigenvalue weighted by Gasteiger charge is -2.30. The molecule has 0 radical (unpaired) electrons. The third-order valence-electron chi connectivity index (χ3n) is 4.61. The number of hydrogen-bond acceptors (Lipinski definition) is 7. The number of nitrogens with zero attached hydrogens (tertiary/aromatic N) is 1. The van der Waals surface area contributed by atoms with Crippen molar-refractivity contribution in [3.63, 3.8) is 0 Å². The highest BCUT2D eigenvalue weighted by Crippen LogP contribution is 2.44. The molecule has 0 atom stereocenters. The van der Waals surface area contributed by atoms with E-state index in [0.717, 1.165) is 12.8 Å². The first-order valence-electron chi connectivity index (χ1n) is 8.35. The SMILES string of the molecule is COC(=O)C1=CN(C2CC2)C=C(C(=O)OC)C1c1cc(Br)c(O)c(OC)c1. The molecule has 3 rings (SSSR count). The third-order valence-corrected chi connectivity index (χ3v) is 5.22. The van der Waals surface area contributed by atoms with Gasteiger partial charge in [-0.1, -0.05) is 0 Å². The largest absolute Gasteiger partial charge is 0.503 e. The molecule has 0 bridgehead atoms. The van der Waals surface area contributed by atoms with Crippen LogP contribution in [0.4, 0.5) is 0 Å². The fourth-order valence-electron chi connectivity index (χ4n) is 3.11. The van der Waals surface area contributed by atoms with Crippen molar-refractivity contribution in [3.8, 4) is 11.5 Å². The van der Waals surface area contributed by atoms with Crippen molar-refractivity contribution < 1.29 is 28.9 Å². The number of carbonyl (C=O) groups is 2. The second-order valence-corrected chi connectivity index (χ2v) is 7.17. The second kappa shape index (κ2) is 7.64. The van der Waals surface area contributed by atoms with Gasteiger partial charge in [-0.3, -0.25) is 0 Å². The quantitative estimate of drug-likeness (QED) is 0.708. The third kappa shape index (κ3) is 3.66. The normalized spacial score (nSPS) is 17.1. The molecular weight excluding hydrogens is 418 g/mol. The highest BCUT2D eigenvalue weighted by atomic mass is 79.9. The summed E-state index contributed by atoms with van der Waals surface area (Å²) in [5.41, 5.74) is 1.21. The van der Waals surface area contributed by atoms with Crippen molar-refractivity contribution in [3.05, 3.63) is 45.7 Å². The van der Waals surface area contributed by atoms with Crippen LogP contribution in [-0.2, 0) is 19.1 Å². The van der Waals surface area contributed by atoms with Gasteiger partial charge in [-0.05, 0) is 46.5 Å². The van der Waals surface area contributed by atoms with Crippen LogP contribution in [0.3, 0.4) is 0 Å². The molecule has 27 heavy (non-hydrogen) atoms. The first kappa shape index (κ1) is 19.3. The molecule has 2 aliphatic rings. The predicted octanol–water partition coefficient (Wildman–Crippen LogP) is 2.84. The first-order chi connectivity index (χ1) is 12.9. The van der Waals surface area contributed by atoms with Gasteiger partial charge in [0, 0.05) is 18.4 Å². The van der Waals surface area contributed by atoms with Crippen LogP contribution >= 0.6 is 15.9 Å². The molecule has 0 unspecified atom stereocenters. The van der Waals surface area contributed by atoms with Gasteiger partial charge in [-0.15, -0.1) is 0 Å². The van der Waals surface area contributed by atoms with Crippen LogP contribution in [0.2, 0.25) is 0 Å². The number of aromatic hydroxyl groups is 1. The summed E-state index contributed by atoms with van der Waals surface area (Å²) >= 11 is 3.29. The number of benzene rings is 1. The maximum absolute atomic E-state index is 12.5. The highest BCUT2D eigenvalue weighted by molar-refractivity contribution is 9.10. The minimum Gasteiger partial charge on any atom is -0.503 e. The minimum atomic E-state index is -0.717. The Labute approximate surface area is 165 Å². The molecule has 1 N–H and O–H groups in total. The molecule has 0 amide bonds. The van der Waals surface area contributed by atoms with Crippen LogP contribution < -0.4 is 4.74 Å². The van der Waals surface area contributed by atoms with Crippen LogP contribution in [0.25, 0.3) is 0 Å². The average molecular weight is 438 g/mol. The summed E-state index contributed by atoms with van der Waals surface area (Å²) in [6.07, 6.45) is 5.40. The van der Waals surface area contributed by atoms with Gasteiger partial charge in [-0.25, -0.2) is 9.59 Å². The molecule has 1 aliphatic carbocycles. The summed E-state index contributed by atoms with van der Waals surface area (Å²) in [5, 5.41) is 10.1. The van der Waals surface area contributed by atoms with Gasteiger partial charge in [0.1, 0.15) is 0 Å². The van der Waals surface area contributed by atoms with E-state index in [-0.39, 0.29) is 17.5 Å². The summed E-state index contributed by atoms with van der Waals surface area (Å²) in [5.74, 6) is -1.64. The lowest BCUT2D eigenvalue weighted by atomic mass is 9.83. The number of methoxy groups -OCH3 is 3. The Balaban J connectivity index is 2.17. The van der Waals surface area contributed by atoms with Gasteiger partial charge >= 0.3 is 11.9 Å². The molecule has 1 fully saturated rings. The molecule has 1 saturated carbocycles. The molecular formula is C19H20BrNO6. The number of esters is 2. The molecule has 0 aromatic heterocycles. The second-order valence-electron chi connectivity index (χ2n) is 6.32. The van der Waals surface area contributed by atoms with Crippen LogP contribution in [0.15, 0.2) is 40.2 Å². The predicted molar refractivity (Wildman–Crippen MR) is 100 cm³/mol. The van der Waals surface area contributed by atoms with Crippen molar-refractivity contribution >= 4 is 27.9 Å². The zero-order chi connectivity index (χ0) is 19.7. The number of rotatable bonds is 5. The van der Waals surface area contributed by atoms with E-state index < -0.39 is 17.9 Å². The van der Waals surface area contributed by atoms with Crippen LogP contribution in [-0.4, -0.2) is 49.3 Å². The smallest absolute Gasteiger partial charge is 0.336 e. The summed E-state index contributed by atoms with van der Waals surface area (Å²) in [7, 11) is 4.02. The van der Waals surface area contributed by atoms with Gasteiger partial charge in [0.15, 0.2) is 11.5 Å². The summed E-state index contributed by atoms with van der Waals surface area (Å²) < 4.78 is 15.5. The van der Waals surface area contributed by atoms with Crippen LogP contribution in [0.1, 0.15) is 24.3 Å². The summed E-state index contributed by atoms with van der Waals surface area (Å²) in [4.78, 5) is 26.9. The molecule has 1 heterocycles. The minimum absolute atomic E-state index is 0.0659. The topological polar surface area (TPSA) is 85.3 Å². The fourth-order valence-corrected chi connectivity index (χ4v) is 3.57. The fraction of sp³-hybridized carbons (Fsp3) is 0.368. The lowest BCUT2D eigenvalue weighted by Crippen LogP contribution is -2.29. The Hall–Kier alpha value is -2.48. The molecule has 144 valence electrons. The van der Waals surface area contributed by atoms with Crippen molar-refractivity contribution in [1.29, 1.82) is 0 Å². The van der Waals surface area contributed by atoms with E-state index in [9.17, 15) is 14.7 Å². The molecule has 0 saturated heterocycles. The van der Waals surface area contributed by atoms with E-state index >= 15 is 0 Å². The summed E-state index contributed by atoms with van der Waals surface area (Å²) in [6.45, 7) is 0. The van der Waals surface area contributed by atoms with E-state index in [4.69, 9.17) is 14.2 Å². The molecule has 0 spiro atoms. The van der Waals surface area contributed by atoms with Gasteiger partial charge in [0.05, 0.1) is 42.9 Å². The molecule has 8 heteroatoms. The van der Waals surface area contributed by atoms with Crippen LogP contribution in [0.5, 0.6) is 11.5 Å².